The number of likely N-dealkylation sites (tertiary alicyclic amines) is 1. The van der Waals surface area contributed by atoms with Gasteiger partial charge in [0.25, 0.3) is 5.56 Å². The lowest BCUT2D eigenvalue weighted by Crippen LogP contribution is -2.42. The molecule has 1 atom stereocenters. The monoisotopic (exact) mass is 300 g/mol. The molecule has 22 heavy (non-hydrogen) atoms. The maximum absolute atomic E-state index is 12.4. The molecule has 0 bridgehead atoms. The number of hydrogen-bond donors (Lipinski definition) is 1. The molecule has 0 aliphatic carbocycles. The molecule has 4 heteroatoms. The predicted molar refractivity (Wildman–Crippen MR) is 89.2 cm³/mol. The summed E-state index contributed by atoms with van der Waals surface area (Å²) in [6, 6.07) is 8.64. The van der Waals surface area contributed by atoms with E-state index in [-0.39, 0.29) is 5.56 Å². The third-order valence-electron chi connectivity index (χ3n) is 4.56. The summed E-state index contributed by atoms with van der Waals surface area (Å²) in [5.74, 6) is 0. The molecule has 1 aliphatic rings. The molecular weight excluding hydrogens is 276 g/mol. The zero-order chi connectivity index (χ0) is 15.5. The largest absolute Gasteiger partial charge is 0.383 e. The van der Waals surface area contributed by atoms with Gasteiger partial charge in [-0.2, -0.15) is 0 Å². The highest BCUT2D eigenvalue weighted by Gasteiger charge is 2.23. The van der Waals surface area contributed by atoms with Crippen molar-refractivity contribution in [3.05, 3.63) is 45.7 Å². The Kier molecular flexibility index (Phi) is 4.60. The number of piperidine rings is 1. The average molecular weight is 300 g/mol. The van der Waals surface area contributed by atoms with Gasteiger partial charge in [0.05, 0.1) is 6.61 Å². The molecule has 0 saturated carbocycles. The van der Waals surface area contributed by atoms with Crippen LogP contribution < -0.4 is 5.56 Å². The van der Waals surface area contributed by atoms with Gasteiger partial charge in [-0.25, -0.2) is 0 Å². The lowest BCUT2D eigenvalue weighted by atomic mass is 10.0. The highest BCUT2D eigenvalue weighted by molar-refractivity contribution is 5.79. The van der Waals surface area contributed by atoms with E-state index in [4.69, 9.17) is 4.74 Å². The Morgan fingerprint density at radius 2 is 2.18 bits per heavy atom. The van der Waals surface area contributed by atoms with Crippen LogP contribution in [0.1, 0.15) is 30.4 Å². The third kappa shape index (κ3) is 3.23. The number of nitrogens with zero attached hydrogens (tertiary/aromatic N) is 1. The summed E-state index contributed by atoms with van der Waals surface area (Å²) >= 11 is 0. The molecule has 0 unspecified atom stereocenters. The number of aromatic nitrogens is 1. The van der Waals surface area contributed by atoms with Crippen molar-refractivity contribution in [2.45, 2.75) is 38.8 Å². The van der Waals surface area contributed by atoms with Crippen LogP contribution in [0.15, 0.2) is 29.1 Å². The van der Waals surface area contributed by atoms with Crippen molar-refractivity contribution in [2.24, 2.45) is 0 Å². The third-order valence-corrected chi connectivity index (χ3v) is 4.56. The fraction of sp³-hybridized carbons (Fsp3) is 0.500. The van der Waals surface area contributed by atoms with Gasteiger partial charge in [-0.05, 0) is 49.4 Å². The minimum atomic E-state index is 0.0276. The first-order valence-electron chi connectivity index (χ1n) is 8.03. The maximum Gasteiger partial charge on any atom is 0.252 e. The number of pyridine rings is 1. The smallest absolute Gasteiger partial charge is 0.252 e. The maximum atomic E-state index is 12.4. The number of rotatable bonds is 4. The topological polar surface area (TPSA) is 45.3 Å². The Labute approximate surface area is 131 Å². The molecule has 0 spiro atoms. The first kappa shape index (κ1) is 15.3. The summed E-state index contributed by atoms with van der Waals surface area (Å²) in [5.41, 5.74) is 2.95. The van der Waals surface area contributed by atoms with Crippen LogP contribution in [-0.4, -0.2) is 36.2 Å². The quantitative estimate of drug-likeness (QED) is 0.944. The summed E-state index contributed by atoms with van der Waals surface area (Å²) in [4.78, 5) is 17.8. The van der Waals surface area contributed by atoms with Crippen LogP contribution in [0.4, 0.5) is 0 Å². The molecule has 1 aromatic heterocycles. The van der Waals surface area contributed by atoms with Gasteiger partial charge in [0.1, 0.15) is 0 Å². The molecule has 0 amide bonds. The zero-order valence-corrected chi connectivity index (χ0v) is 13.4. The Morgan fingerprint density at radius 1 is 1.32 bits per heavy atom. The van der Waals surface area contributed by atoms with E-state index in [1.54, 1.807) is 7.11 Å². The van der Waals surface area contributed by atoms with E-state index in [9.17, 15) is 4.79 Å². The van der Waals surface area contributed by atoms with E-state index in [0.717, 1.165) is 41.6 Å². The standard InChI is InChI=1S/C18H24N2O2/c1-13-6-7-14-10-15(18(21)19-17(14)9-13)11-20-8-4-3-5-16(20)12-22-2/h6-7,9-10,16H,3-5,8,11-12H2,1-2H3,(H,19,21)/t16-/m0/s1. The second-order valence-corrected chi connectivity index (χ2v) is 6.29. The highest BCUT2D eigenvalue weighted by Crippen LogP contribution is 2.20. The van der Waals surface area contributed by atoms with Gasteiger partial charge in [0, 0.05) is 30.8 Å². The van der Waals surface area contributed by atoms with Crippen LogP contribution >= 0.6 is 0 Å². The Balaban J connectivity index is 1.87. The molecule has 1 saturated heterocycles. The van der Waals surface area contributed by atoms with E-state index in [1.165, 1.54) is 12.8 Å². The minimum absolute atomic E-state index is 0.0276. The van der Waals surface area contributed by atoms with Crippen molar-refractivity contribution < 1.29 is 4.74 Å². The van der Waals surface area contributed by atoms with Crippen LogP contribution in [0.5, 0.6) is 0 Å². The van der Waals surface area contributed by atoms with Crippen molar-refractivity contribution in [2.75, 3.05) is 20.3 Å². The van der Waals surface area contributed by atoms with E-state index in [2.05, 4.69) is 22.0 Å². The normalized spacial score (nSPS) is 19.6. The molecule has 1 aliphatic heterocycles. The van der Waals surface area contributed by atoms with Gasteiger partial charge in [-0.1, -0.05) is 18.6 Å². The van der Waals surface area contributed by atoms with Gasteiger partial charge >= 0.3 is 0 Å². The van der Waals surface area contributed by atoms with Crippen LogP contribution in [0.25, 0.3) is 10.9 Å². The van der Waals surface area contributed by atoms with Gasteiger partial charge in [-0.3, -0.25) is 9.69 Å². The molecule has 0 radical (unpaired) electrons. The molecule has 1 fully saturated rings. The second kappa shape index (κ2) is 6.63. The van der Waals surface area contributed by atoms with E-state index < -0.39 is 0 Å². The lowest BCUT2D eigenvalue weighted by Gasteiger charge is -2.35. The number of H-pyrrole nitrogens is 1. The SMILES string of the molecule is COC[C@@H]1CCCCN1Cc1cc2ccc(C)cc2[nH]c1=O. The Bertz CT molecular complexity index is 706. The van der Waals surface area contributed by atoms with Crippen molar-refractivity contribution in [1.29, 1.82) is 0 Å². The molecule has 3 rings (SSSR count). The predicted octanol–water partition coefficient (Wildman–Crippen LogP) is 2.84. The number of aromatic amines is 1. The van der Waals surface area contributed by atoms with Gasteiger partial charge in [0.2, 0.25) is 0 Å². The lowest BCUT2D eigenvalue weighted by molar-refractivity contribution is 0.0598. The fourth-order valence-electron chi connectivity index (χ4n) is 3.35. The average Bonchev–Trinajstić information content (AvgIpc) is 2.50. The first-order chi connectivity index (χ1) is 10.7. The van der Waals surface area contributed by atoms with Gasteiger partial charge < -0.3 is 9.72 Å². The molecule has 1 aromatic carbocycles. The second-order valence-electron chi connectivity index (χ2n) is 6.29. The Hall–Kier alpha value is -1.65. The molecule has 4 nitrogen and oxygen atoms in total. The first-order valence-corrected chi connectivity index (χ1v) is 8.03. The van der Waals surface area contributed by atoms with Gasteiger partial charge in [-0.15, -0.1) is 0 Å². The molecule has 118 valence electrons. The number of benzene rings is 1. The van der Waals surface area contributed by atoms with Gasteiger partial charge in [0.15, 0.2) is 0 Å². The summed E-state index contributed by atoms with van der Waals surface area (Å²) in [6.07, 6.45) is 3.60. The number of methoxy groups -OCH3 is 1. The van der Waals surface area contributed by atoms with E-state index in [1.807, 2.05) is 19.1 Å². The number of hydrogen-bond acceptors (Lipinski definition) is 3. The minimum Gasteiger partial charge on any atom is -0.383 e. The number of ether oxygens (including phenoxy) is 1. The van der Waals surface area contributed by atoms with Crippen molar-refractivity contribution in [3.63, 3.8) is 0 Å². The molecule has 2 heterocycles. The molecule has 2 aromatic rings. The summed E-state index contributed by atoms with van der Waals surface area (Å²) in [5, 5.41) is 1.10. The Morgan fingerprint density at radius 3 is 3.00 bits per heavy atom. The van der Waals surface area contributed by atoms with Crippen LogP contribution in [-0.2, 0) is 11.3 Å². The number of fused-ring (bicyclic) bond motifs is 1. The zero-order valence-electron chi connectivity index (χ0n) is 13.4. The number of nitrogens with one attached hydrogen (secondary N) is 1. The molecule has 1 N–H and O–H groups in total. The van der Waals surface area contributed by atoms with Crippen LogP contribution in [0.3, 0.4) is 0 Å². The van der Waals surface area contributed by atoms with Crippen molar-refractivity contribution in [3.8, 4) is 0 Å². The van der Waals surface area contributed by atoms with Crippen LogP contribution in [0, 0.1) is 6.92 Å². The fourth-order valence-corrected chi connectivity index (χ4v) is 3.35. The van der Waals surface area contributed by atoms with Crippen molar-refractivity contribution >= 4 is 10.9 Å². The highest BCUT2D eigenvalue weighted by atomic mass is 16.5. The summed E-state index contributed by atoms with van der Waals surface area (Å²) in [6.45, 7) is 4.52. The van der Waals surface area contributed by atoms with Crippen LogP contribution in [0.2, 0.25) is 0 Å². The molecular formula is C18H24N2O2. The summed E-state index contributed by atoms with van der Waals surface area (Å²) < 4.78 is 5.34. The number of aryl methyl sites for hydroxylation is 1. The van der Waals surface area contributed by atoms with E-state index in [0.29, 0.717) is 12.6 Å². The summed E-state index contributed by atoms with van der Waals surface area (Å²) in [7, 11) is 1.75. The van der Waals surface area contributed by atoms with Crippen molar-refractivity contribution in [1.82, 2.24) is 9.88 Å². The van der Waals surface area contributed by atoms with E-state index >= 15 is 0 Å².